The van der Waals surface area contributed by atoms with E-state index in [0.29, 0.717) is 12.8 Å². The molecule has 0 aromatic heterocycles. The van der Waals surface area contributed by atoms with Crippen LogP contribution in [0.3, 0.4) is 0 Å². The number of alkyl halides is 1. The number of hydrogen-bond donors (Lipinski definition) is 1. The molecule has 1 saturated heterocycles. The molecule has 1 aliphatic carbocycles. The van der Waals surface area contributed by atoms with Gasteiger partial charge in [0.05, 0.1) is 19.3 Å². The Labute approximate surface area is 130 Å². The predicted octanol–water partition coefficient (Wildman–Crippen LogP) is 3.58. The van der Waals surface area contributed by atoms with Crippen LogP contribution in [-0.2, 0) is 4.74 Å². The number of rotatable bonds is 2. The molecule has 0 spiro atoms. The van der Waals surface area contributed by atoms with Gasteiger partial charge in [-0.25, -0.2) is 4.39 Å². The number of methoxy groups -OCH3 is 1. The lowest BCUT2D eigenvalue weighted by Gasteiger charge is -2.48. The number of halogens is 1. The highest BCUT2D eigenvalue weighted by Gasteiger charge is 2.51. The van der Waals surface area contributed by atoms with Crippen molar-refractivity contribution in [2.45, 2.75) is 50.7 Å². The third-order valence-electron chi connectivity index (χ3n) is 5.03. The molecule has 0 radical (unpaired) electrons. The van der Waals surface area contributed by atoms with Crippen molar-refractivity contribution in [2.75, 3.05) is 7.11 Å². The van der Waals surface area contributed by atoms with Gasteiger partial charge in [0.25, 0.3) is 0 Å². The summed E-state index contributed by atoms with van der Waals surface area (Å²) in [6, 6.07) is 7.50. The first-order chi connectivity index (χ1) is 10.4. The normalized spacial score (nSPS) is 38.1. The standard InChI is InChI=1S/C18H23FO3/c1-11-4-9-14-17(16(11)20)22-15(10-18(14,2)19)12-5-7-13(21-3)8-6-12/h4-8,14-17,20H,9-10H2,1-3H3/t14-,15?,16-,17-,18?/m1/s1. The van der Waals surface area contributed by atoms with Crippen LogP contribution in [0.15, 0.2) is 35.9 Å². The molecule has 1 heterocycles. The van der Waals surface area contributed by atoms with Crippen molar-refractivity contribution >= 4 is 0 Å². The first-order valence-electron chi connectivity index (χ1n) is 7.75. The van der Waals surface area contributed by atoms with Crippen LogP contribution in [0.5, 0.6) is 5.75 Å². The minimum Gasteiger partial charge on any atom is -0.497 e. The van der Waals surface area contributed by atoms with Gasteiger partial charge in [-0.1, -0.05) is 18.2 Å². The summed E-state index contributed by atoms with van der Waals surface area (Å²) in [6.45, 7) is 3.50. The summed E-state index contributed by atoms with van der Waals surface area (Å²) in [5.41, 5.74) is 0.432. The fourth-order valence-corrected chi connectivity index (χ4v) is 3.57. The summed E-state index contributed by atoms with van der Waals surface area (Å²) in [5.74, 6) is 0.470. The van der Waals surface area contributed by atoms with Crippen molar-refractivity contribution in [2.24, 2.45) is 5.92 Å². The van der Waals surface area contributed by atoms with Crippen molar-refractivity contribution in [1.29, 1.82) is 0 Å². The molecule has 22 heavy (non-hydrogen) atoms. The summed E-state index contributed by atoms with van der Waals surface area (Å²) in [7, 11) is 1.61. The van der Waals surface area contributed by atoms with Gasteiger partial charge in [-0.2, -0.15) is 0 Å². The Morgan fingerprint density at radius 2 is 2.00 bits per heavy atom. The molecular weight excluding hydrogens is 283 g/mol. The van der Waals surface area contributed by atoms with Crippen molar-refractivity contribution < 1.29 is 19.0 Å². The van der Waals surface area contributed by atoms with Gasteiger partial charge >= 0.3 is 0 Å². The van der Waals surface area contributed by atoms with E-state index in [1.807, 2.05) is 37.3 Å². The van der Waals surface area contributed by atoms with E-state index in [0.717, 1.165) is 16.9 Å². The van der Waals surface area contributed by atoms with Crippen LogP contribution in [-0.4, -0.2) is 30.1 Å². The zero-order valence-corrected chi connectivity index (χ0v) is 13.3. The van der Waals surface area contributed by atoms with E-state index in [4.69, 9.17) is 9.47 Å². The molecule has 1 aromatic rings. The molecule has 2 aliphatic rings. The highest BCUT2D eigenvalue weighted by Crippen LogP contribution is 2.48. The number of allylic oxidation sites excluding steroid dienone is 1. The molecule has 0 bridgehead atoms. The molecule has 2 unspecified atom stereocenters. The number of benzene rings is 1. The summed E-state index contributed by atoms with van der Waals surface area (Å²) in [6.07, 6.45) is 1.30. The zero-order valence-electron chi connectivity index (χ0n) is 13.3. The van der Waals surface area contributed by atoms with Crippen LogP contribution in [0.2, 0.25) is 0 Å². The SMILES string of the molecule is COc1ccc(C2CC(C)(F)[C@@H]3CC=C(C)[C@@H](O)[C@@H]3O2)cc1. The first kappa shape index (κ1) is 15.5. The second kappa shape index (κ2) is 5.67. The summed E-state index contributed by atoms with van der Waals surface area (Å²) < 4.78 is 26.4. The lowest BCUT2D eigenvalue weighted by Crippen LogP contribution is -2.53. The molecule has 1 aromatic carbocycles. The summed E-state index contributed by atoms with van der Waals surface area (Å²) >= 11 is 0. The molecule has 1 aliphatic heterocycles. The fraction of sp³-hybridized carbons (Fsp3) is 0.556. The average Bonchev–Trinajstić information content (AvgIpc) is 2.50. The highest BCUT2D eigenvalue weighted by atomic mass is 19.1. The minimum absolute atomic E-state index is 0.291. The number of hydrogen-bond acceptors (Lipinski definition) is 3. The smallest absolute Gasteiger partial charge is 0.118 e. The Balaban J connectivity index is 1.87. The maximum absolute atomic E-state index is 15.1. The molecule has 3 nitrogen and oxygen atoms in total. The van der Waals surface area contributed by atoms with Crippen LogP contribution >= 0.6 is 0 Å². The maximum Gasteiger partial charge on any atom is 0.118 e. The Hall–Kier alpha value is -1.39. The Morgan fingerprint density at radius 3 is 2.64 bits per heavy atom. The molecule has 0 saturated carbocycles. The predicted molar refractivity (Wildman–Crippen MR) is 82.6 cm³/mol. The molecule has 0 amide bonds. The van der Waals surface area contributed by atoms with Gasteiger partial charge in [0.15, 0.2) is 0 Å². The lowest BCUT2D eigenvalue weighted by atomic mass is 9.71. The second-order valence-electron chi connectivity index (χ2n) is 6.58. The molecule has 4 heteroatoms. The van der Waals surface area contributed by atoms with E-state index in [-0.39, 0.29) is 12.0 Å². The monoisotopic (exact) mass is 306 g/mol. The third kappa shape index (κ3) is 2.66. The average molecular weight is 306 g/mol. The number of ether oxygens (including phenoxy) is 2. The van der Waals surface area contributed by atoms with Gasteiger partial charge in [-0.3, -0.25) is 0 Å². The Bertz CT molecular complexity index is 564. The first-order valence-corrected chi connectivity index (χ1v) is 7.75. The van der Waals surface area contributed by atoms with E-state index in [2.05, 4.69) is 0 Å². The maximum atomic E-state index is 15.1. The van der Waals surface area contributed by atoms with Crippen molar-refractivity contribution in [3.63, 3.8) is 0 Å². The minimum atomic E-state index is -1.36. The van der Waals surface area contributed by atoms with Crippen LogP contribution in [0.25, 0.3) is 0 Å². The lowest BCUT2D eigenvalue weighted by molar-refractivity contribution is -0.183. The van der Waals surface area contributed by atoms with Crippen molar-refractivity contribution in [3.8, 4) is 5.75 Å². The number of fused-ring (bicyclic) bond motifs is 1. The molecule has 1 fully saturated rings. The van der Waals surface area contributed by atoms with E-state index in [9.17, 15) is 5.11 Å². The van der Waals surface area contributed by atoms with E-state index < -0.39 is 17.9 Å². The Kier molecular flexibility index (Phi) is 4.00. The molecule has 5 atom stereocenters. The quantitative estimate of drug-likeness (QED) is 0.849. The Morgan fingerprint density at radius 1 is 1.32 bits per heavy atom. The highest BCUT2D eigenvalue weighted by molar-refractivity contribution is 5.29. The van der Waals surface area contributed by atoms with Gasteiger partial charge in [0, 0.05) is 12.3 Å². The molecule has 3 rings (SSSR count). The zero-order chi connectivity index (χ0) is 15.9. The summed E-state index contributed by atoms with van der Waals surface area (Å²) in [5, 5.41) is 10.4. The second-order valence-corrected chi connectivity index (χ2v) is 6.58. The third-order valence-corrected chi connectivity index (χ3v) is 5.03. The molecule has 120 valence electrons. The number of aliphatic hydroxyl groups is 1. The van der Waals surface area contributed by atoms with Gasteiger partial charge in [0.1, 0.15) is 17.5 Å². The summed E-state index contributed by atoms with van der Waals surface area (Å²) in [4.78, 5) is 0. The van der Waals surface area contributed by atoms with E-state index in [1.165, 1.54) is 0 Å². The van der Waals surface area contributed by atoms with Gasteiger partial charge in [-0.15, -0.1) is 0 Å². The van der Waals surface area contributed by atoms with Gasteiger partial charge in [0.2, 0.25) is 0 Å². The van der Waals surface area contributed by atoms with Crippen LogP contribution in [0.1, 0.15) is 38.4 Å². The van der Waals surface area contributed by atoms with Crippen LogP contribution < -0.4 is 4.74 Å². The topological polar surface area (TPSA) is 38.7 Å². The van der Waals surface area contributed by atoms with Crippen LogP contribution in [0.4, 0.5) is 4.39 Å². The van der Waals surface area contributed by atoms with Crippen molar-refractivity contribution in [3.05, 3.63) is 41.5 Å². The number of aliphatic hydroxyl groups excluding tert-OH is 1. The van der Waals surface area contributed by atoms with Gasteiger partial charge < -0.3 is 14.6 Å². The van der Waals surface area contributed by atoms with Gasteiger partial charge in [-0.05, 0) is 43.5 Å². The van der Waals surface area contributed by atoms with Crippen LogP contribution in [0, 0.1) is 5.92 Å². The van der Waals surface area contributed by atoms with E-state index in [1.54, 1.807) is 14.0 Å². The fourth-order valence-electron chi connectivity index (χ4n) is 3.57. The molecule has 1 N–H and O–H groups in total. The van der Waals surface area contributed by atoms with Crippen molar-refractivity contribution in [1.82, 2.24) is 0 Å². The largest absolute Gasteiger partial charge is 0.497 e. The molecular formula is C18H23FO3. The van der Waals surface area contributed by atoms with E-state index >= 15 is 4.39 Å².